The summed E-state index contributed by atoms with van der Waals surface area (Å²) in [6.45, 7) is 5.46. The summed E-state index contributed by atoms with van der Waals surface area (Å²) in [5, 5.41) is 3.04. The van der Waals surface area contributed by atoms with Gasteiger partial charge in [0.15, 0.2) is 0 Å². The molecule has 0 heterocycles. The predicted octanol–water partition coefficient (Wildman–Crippen LogP) is 3.80. The standard InChI is InChI=1S/C21H29N3O.2ClH/c1-16(24(3)15-18-10-6-4-7-11-18)14-23-21(25)17(2)20(22)19-12-8-5-9-13-19;;/h4-13,16-17,20H,14-15,22H2,1-3H3,(H,23,25);2*1H. The zero-order valence-corrected chi connectivity index (χ0v) is 17.8. The quantitative estimate of drug-likeness (QED) is 0.694. The van der Waals surface area contributed by atoms with Crippen LogP contribution in [0.2, 0.25) is 0 Å². The minimum absolute atomic E-state index is 0. The summed E-state index contributed by atoms with van der Waals surface area (Å²) >= 11 is 0. The molecule has 2 aromatic rings. The number of rotatable bonds is 8. The van der Waals surface area contributed by atoms with Crippen LogP contribution in [0.15, 0.2) is 60.7 Å². The number of nitrogens with zero attached hydrogens (tertiary/aromatic N) is 1. The minimum Gasteiger partial charge on any atom is -0.354 e. The van der Waals surface area contributed by atoms with Crippen LogP contribution in [-0.2, 0) is 11.3 Å². The first-order valence-corrected chi connectivity index (χ1v) is 8.81. The monoisotopic (exact) mass is 411 g/mol. The van der Waals surface area contributed by atoms with Crippen molar-refractivity contribution in [2.75, 3.05) is 13.6 Å². The number of halogens is 2. The van der Waals surface area contributed by atoms with Gasteiger partial charge in [-0.25, -0.2) is 0 Å². The van der Waals surface area contributed by atoms with Crippen LogP contribution in [0.4, 0.5) is 0 Å². The topological polar surface area (TPSA) is 58.4 Å². The third-order valence-corrected chi connectivity index (χ3v) is 4.74. The van der Waals surface area contributed by atoms with E-state index in [4.69, 9.17) is 5.73 Å². The maximum absolute atomic E-state index is 12.4. The van der Waals surface area contributed by atoms with E-state index >= 15 is 0 Å². The van der Waals surface area contributed by atoms with E-state index in [9.17, 15) is 4.79 Å². The van der Waals surface area contributed by atoms with Crippen LogP contribution < -0.4 is 11.1 Å². The Morgan fingerprint density at radius 2 is 1.52 bits per heavy atom. The number of hydrogen-bond donors (Lipinski definition) is 2. The molecule has 0 saturated heterocycles. The molecule has 3 unspecified atom stereocenters. The molecule has 2 rings (SSSR count). The first-order chi connectivity index (χ1) is 12.0. The molecule has 27 heavy (non-hydrogen) atoms. The Hall–Kier alpha value is -1.59. The van der Waals surface area contributed by atoms with Crippen molar-refractivity contribution in [2.45, 2.75) is 32.5 Å². The van der Waals surface area contributed by atoms with E-state index in [1.54, 1.807) is 0 Å². The molecule has 0 spiro atoms. The van der Waals surface area contributed by atoms with Gasteiger partial charge in [-0.2, -0.15) is 0 Å². The van der Waals surface area contributed by atoms with Gasteiger partial charge in [0.1, 0.15) is 0 Å². The fourth-order valence-electron chi connectivity index (χ4n) is 2.72. The highest BCUT2D eigenvalue weighted by atomic mass is 35.5. The van der Waals surface area contributed by atoms with Crippen LogP contribution >= 0.6 is 24.8 Å². The van der Waals surface area contributed by atoms with Gasteiger partial charge in [0, 0.05) is 25.2 Å². The van der Waals surface area contributed by atoms with Crippen LogP contribution in [0, 0.1) is 5.92 Å². The Bertz CT molecular complexity index is 655. The SMILES string of the molecule is CC(C(=O)NCC(C)N(C)Cc1ccccc1)C(N)c1ccccc1.Cl.Cl. The summed E-state index contributed by atoms with van der Waals surface area (Å²) in [5.74, 6) is -0.273. The number of hydrogen-bond acceptors (Lipinski definition) is 3. The Balaban J connectivity index is 0.00000338. The average Bonchev–Trinajstić information content (AvgIpc) is 2.66. The molecule has 0 aliphatic rings. The molecular weight excluding hydrogens is 381 g/mol. The maximum Gasteiger partial charge on any atom is 0.224 e. The Labute approximate surface area is 175 Å². The van der Waals surface area contributed by atoms with Crippen LogP contribution in [0.1, 0.15) is 31.0 Å². The molecule has 0 fully saturated rings. The van der Waals surface area contributed by atoms with Gasteiger partial charge in [0.25, 0.3) is 0 Å². The average molecular weight is 412 g/mol. The molecule has 3 atom stereocenters. The Morgan fingerprint density at radius 3 is 2.07 bits per heavy atom. The van der Waals surface area contributed by atoms with Crippen molar-refractivity contribution in [3.63, 3.8) is 0 Å². The van der Waals surface area contributed by atoms with Gasteiger partial charge in [-0.1, -0.05) is 67.6 Å². The van der Waals surface area contributed by atoms with E-state index in [1.165, 1.54) is 5.56 Å². The zero-order valence-electron chi connectivity index (χ0n) is 16.2. The van der Waals surface area contributed by atoms with E-state index in [-0.39, 0.29) is 48.7 Å². The summed E-state index contributed by atoms with van der Waals surface area (Å²) in [4.78, 5) is 14.7. The summed E-state index contributed by atoms with van der Waals surface area (Å²) in [6.07, 6.45) is 0. The number of likely N-dealkylation sites (N-methyl/N-ethyl adjacent to an activating group) is 1. The van der Waals surface area contributed by atoms with Gasteiger partial charge in [-0.3, -0.25) is 9.69 Å². The second kappa shape index (κ2) is 12.7. The highest BCUT2D eigenvalue weighted by Crippen LogP contribution is 2.19. The fraction of sp³-hybridized carbons (Fsp3) is 0.381. The van der Waals surface area contributed by atoms with Gasteiger partial charge >= 0.3 is 0 Å². The van der Waals surface area contributed by atoms with Gasteiger partial charge in [-0.15, -0.1) is 24.8 Å². The second-order valence-corrected chi connectivity index (χ2v) is 6.72. The van der Waals surface area contributed by atoms with Crippen LogP contribution in [0.25, 0.3) is 0 Å². The lowest BCUT2D eigenvalue weighted by Gasteiger charge is -2.26. The summed E-state index contributed by atoms with van der Waals surface area (Å²) in [5.41, 5.74) is 8.49. The third-order valence-electron chi connectivity index (χ3n) is 4.74. The lowest BCUT2D eigenvalue weighted by atomic mass is 9.94. The van der Waals surface area contributed by atoms with Crippen molar-refractivity contribution in [1.82, 2.24) is 10.2 Å². The number of nitrogens with two attached hydrogens (primary N) is 1. The van der Waals surface area contributed by atoms with Crippen molar-refractivity contribution < 1.29 is 4.79 Å². The van der Waals surface area contributed by atoms with Crippen molar-refractivity contribution >= 4 is 30.7 Å². The van der Waals surface area contributed by atoms with E-state index in [0.717, 1.165) is 12.1 Å². The van der Waals surface area contributed by atoms with E-state index in [1.807, 2.05) is 55.5 Å². The molecule has 0 aliphatic heterocycles. The minimum atomic E-state index is -0.293. The molecule has 2 aromatic carbocycles. The lowest BCUT2D eigenvalue weighted by Crippen LogP contribution is -2.43. The molecule has 3 N–H and O–H groups in total. The second-order valence-electron chi connectivity index (χ2n) is 6.72. The maximum atomic E-state index is 12.4. The first-order valence-electron chi connectivity index (χ1n) is 8.81. The van der Waals surface area contributed by atoms with E-state index < -0.39 is 0 Å². The lowest BCUT2D eigenvalue weighted by molar-refractivity contribution is -0.125. The van der Waals surface area contributed by atoms with Crippen molar-refractivity contribution in [3.8, 4) is 0 Å². The molecule has 1 amide bonds. The predicted molar refractivity (Wildman–Crippen MR) is 117 cm³/mol. The van der Waals surface area contributed by atoms with Crippen molar-refractivity contribution in [2.24, 2.45) is 11.7 Å². The molecule has 0 aromatic heterocycles. The number of nitrogens with one attached hydrogen (secondary N) is 1. The van der Waals surface area contributed by atoms with Crippen LogP contribution in [0.3, 0.4) is 0 Å². The zero-order chi connectivity index (χ0) is 18.2. The Kier molecular flexibility index (Phi) is 12.0. The summed E-state index contributed by atoms with van der Waals surface area (Å²) in [7, 11) is 2.07. The number of carbonyl (C=O) groups excluding carboxylic acids is 1. The van der Waals surface area contributed by atoms with Gasteiger partial charge in [-0.05, 0) is 25.1 Å². The van der Waals surface area contributed by atoms with Gasteiger partial charge in [0.2, 0.25) is 5.91 Å². The Morgan fingerprint density at radius 1 is 1.00 bits per heavy atom. The number of carbonyl (C=O) groups is 1. The molecule has 0 aliphatic carbocycles. The normalized spacial score (nSPS) is 13.7. The van der Waals surface area contributed by atoms with Crippen LogP contribution in [0.5, 0.6) is 0 Å². The number of amides is 1. The van der Waals surface area contributed by atoms with Crippen LogP contribution in [-0.4, -0.2) is 30.4 Å². The summed E-state index contributed by atoms with van der Waals surface area (Å²) in [6, 6.07) is 20.0. The van der Waals surface area contributed by atoms with Gasteiger partial charge < -0.3 is 11.1 Å². The van der Waals surface area contributed by atoms with E-state index in [0.29, 0.717) is 6.54 Å². The van der Waals surface area contributed by atoms with Crippen molar-refractivity contribution in [1.29, 1.82) is 0 Å². The number of benzene rings is 2. The molecule has 4 nitrogen and oxygen atoms in total. The van der Waals surface area contributed by atoms with Crippen molar-refractivity contribution in [3.05, 3.63) is 71.8 Å². The fourth-order valence-corrected chi connectivity index (χ4v) is 2.72. The smallest absolute Gasteiger partial charge is 0.224 e. The summed E-state index contributed by atoms with van der Waals surface area (Å²) < 4.78 is 0. The third kappa shape index (κ3) is 7.89. The molecule has 0 bridgehead atoms. The highest BCUT2D eigenvalue weighted by molar-refractivity contribution is 5.85. The highest BCUT2D eigenvalue weighted by Gasteiger charge is 2.22. The van der Waals surface area contributed by atoms with Gasteiger partial charge in [0.05, 0.1) is 5.92 Å². The first kappa shape index (κ1) is 25.4. The van der Waals surface area contributed by atoms with E-state index in [2.05, 4.69) is 36.3 Å². The molecule has 0 radical (unpaired) electrons. The molecule has 0 saturated carbocycles. The largest absolute Gasteiger partial charge is 0.354 e. The molecule has 6 heteroatoms. The molecule has 150 valence electrons. The molecular formula is C21H31Cl2N3O.